The Bertz CT molecular complexity index is 473. The first kappa shape index (κ1) is 14.5. The first-order valence-corrected chi connectivity index (χ1v) is 6.91. The Labute approximate surface area is 114 Å². The molecule has 1 aromatic carbocycles. The molecule has 1 aliphatic rings. The third-order valence-electron chi connectivity index (χ3n) is 3.25. The summed E-state index contributed by atoms with van der Waals surface area (Å²) in [5.74, 6) is 0.640. The van der Waals surface area contributed by atoms with E-state index < -0.39 is 6.36 Å². The number of hydrogen-bond donors (Lipinski definition) is 1. The van der Waals surface area contributed by atoms with Gasteiger partial charge in [-0.3, -0.25) is 0 Å². The number of nitrogens with one attached hydrogen (secondary N) is 1. The Hall–Kier alpha value is -0.880. The number of alkyl halides is 3. The van der Waals surface area contributed by atoms with Gasteiger partial charge in [-0.15, -0.1) is 24.9 Å². The van der Waals surface area contributed by atoms with Gasteiger partial charge >= 0.3 is 6.36 Å². The van der Waals surface area contributed by atoms with Crippen molar-refractivity contribution in [2.75, 3.05) is 7.05 Å². The van der Waals surface area contributed by atoms with Gasteiger partial charge in [-0.2, -0.15) is 0 Å². The molecule has 0 aromatic heterocycles. The average molecular weight is 291 g/mol. The Morgan fingerprint density at radius 1 is 1.37 bits per heavy atom. The highest BCUT2D eigenvalue weighted by molar-refractivity contribution is 8.00. The van der Waals surface area contributed by atoms with Gasteiger partial charge in [-0.25, -0.2) is 0 Å². The van der Waals surface area contributed by atoms with E-state index in [0.717, 1.165) is 16.9 Å². The summed E-state index contributed by atoms with van der Waals surface area (Å²) in [6, 6.07) is 4.57. The van der Waals surface area contributed by atoms with E-state index in [1.54, 1.807) is 17.8 Å². The van der Waals surface area contributed by atoms with Crippen LogP contribution >= 0.6 is 11.8 Å². The van der Waals surface area contributed by atoms with Crippen LogP contribution in [-0.2, 0) is 5.75 Å². The molecule has 1 aliphatic heterocycles. The first-order valence-electron chi connectivity index (χ1n) is 5.93. The molecule has 1 unspecified atom stereocenters. The zero-order valence-corrected chi connectivity index (χ0v) is 11.8. The maximum atomic E-state index is 12.3. The molecule has 0 radical (unpaired) electrons. The quantitative estimate of drug-likeness (QED) is 0.893. The van der Waals surface area contributed by atoms with Crippen molar-refractivity contribution >= 4 is 11.8 Å². The molecule has 0 fully saturated rings. The summed E-state index contributed by atoms with van der Waals surface area (Å²) in [5, 5.41) is 3.18. The molecule has 1 aromatic rings. The molecular formula is C13H16F3NOS. The number of rotatable bonds is 2. The van der Waals surface area contributed by atoms with Crippen LogP contribution in [0.5, 0.6) is 5.75 Å². The van der Waals surface area contributed by atoms with Crippen LogP contribution in [-0.4, -0.2) is 18.2 Å². The van der Waals surface area contributed by atoms with E-state index in [9.17, 15) is 13.2 Å². The van der Waals surface area contributed by atoms with Gasteiger partial charge in [0.1, 0.15) is 5.75 Å². The predicted molar refractivity (Wildman–Crippen MR) is 70.3 cm³/mol. The van der Waals surface area contributed by atoms with E-state index in [4.69, 9.17) is 0 Å². The van der Waals surface area contributed by atoms with Crippen LogP contribution in [0, 0.1) is 0 Å². The maximum absolute atomic E-state index is 12.3. The molecule has 6 heteroatoms. The van der Waals surface area contributed by atoms with Crippen molar-refractivity contribution in [3.05, 3.63) is 29.3 Å². The highest BCUT2D eigenvalue weighted by Crippen LogP contribution is 2.46. The molecule has 1 N–H and O–H groups in total. The van der Waals surface area contributed by atoms with Crippen LogP contribution in [0.4, 0.5) is 13.2 Å². The van der Waals surface area contributed by atoms with Crippen LogP contribution in [0.1, 0.15) is 31.0 Å². The van der Waals surface area contributed by atoms with E-state index in [2.05, 4.69) is 23.9 Å². The molecule has 0 saturated carbocycles. The fourth-order valence-electron chi connectivity index (χ4n) is 2.39. The van der Waals surface area contributed by atoms with Crippen molar-refractivity contribution in [3.8, 4) is 5.75 Å². The fourth-order valence-corrected chi connectivity index (χ4v) is 3.60. The minimum atomic E-state index is -4.65. The molecule has 2 nitrogen and oxygen atoms in total. The standard InChI is InChI=1S/C13H16F3NOS/c1-12(2)11(17-3)10-6-9(18-13(14,15)16)5-4-8(10)7-19-12/h4-6,11,17H,7H2,1-3H3. The second kappa shape index (κ2) is 4.90. The van der Waals surface area contributed by atoms with Crippen molar-refractivity contribution in [2.24, 2.45) is 0 Å². The Morgan fingerprint density at radius 2 is 2.05 bits per heavy atom. The molecule has 1 atom stereocenters. The van der Waals surface area contributed by atoms with Gasteiger partial charge < -0.3 is 10.1 Å². The SMILES string of the molecule is CNC1c2cc(OC(F)(F)F)ccc2CSC1(C)C. The topological polar surface area (TPSA) is 21.3 Å². The van der Waals surface area contributed by atoms with Gasteiger partial charge in [0.15, 0.2) is 0 Å². The molecule has 1 heterocycles. The molecule has 0 bridgehead atoms. The predicted octanol–water partition coefficient (Wildman–Crippen LogP) is 3.87. The lowest BCUT2D eigenvalue weighted by Gasteiger charge is -2.39. The van der Waals surface area contributed by atoms with Crippen molar-refractivity contribution in [2.45, 2.75) is 36.8 Å². The molecule has 106 valence electrons. The van der Waals surface area contributed by atoms with Gasteiger partial charge in [0.05, 0.1) is 0 Å². The maximum Gasteiger partial charge on any atom is 0.573 e. The zero-order chi connectivity index (χ0) is 14.3. The lowest BCUT2D eigenvalue weighted by molar-refractivity contribution is -0.274. The first-order chi connectivity index (χ1) is 8.73. The third kappa shape index (κ3) is 3.17. The smallest absolute Gasteiger partial charge is 0.406 e. The zero-order valence-electron chi connectivity index (χ0n) is 11.0. The molecule has 0 saturated heterocycles. The van der Waals surface area contributed by atoms with Gasteiger partial charge in [0, 0.05) is 16.5 Å². The van der Waals surface area contributed by atoms with E-state index in [0.29, 0.717) is 0 Å². The summed E-state index contributed by atoms with van der Waals surface area (Å²) >= 11 is 1.79. The van der Waals surface area contributed by atoms with E-state index >= 15 is 0 Å². The summed E-state index contributed by atoms with van der Waals surface area (Å²) in [6.45, 7) is 4.16. The number of fused-ring (bicyclic) bond motifs is 1. The average Bonchev–Trinajstić information content (AvgIpc) is 2.25. The van der Waals surface area contributed by atoms with E-state index in [1.807, 2.05) is 7.05 Å². The number of hydrogen-bond acceptors (Lipinski definition) is 3. The third-order valence-corrected chi connectivity index (χ3v) is 4.68. The van der Waals surface area contributed by atoms with Crippen molar-refractivity contribution in [1.29, 1.82) is 0 Å². The lowest BCUT2D eigenvalue weighted by atomic mass is 9.91. The molecule has 0 spiro atoms. The van der Waals surface area contributed by atoms with Gasteiger partial charge in [-0.05, 0) is 44.2 Å². The van der Waals surface area contributed by atoms with Gasteiger partial charge in [0.2, 0.25) is 0 Å². The Morgan fingerprint density at radius 3 is 2.63 bits per heavy atom. The number of halogens is 3. The normalized spacial score (nSPS) is 21.9. The van der Waals surface area contributed by atoms with Crippen molar-refractivity contribution in [1.82, 2.24) is 5.32 Å². The highest BCUT2D eigenvalue weighted by atomic mass is 32.2. The minimum Gasteiger partial charge on any atom is -0.406 e. The second-order valence-corrected chi connectivity index (χ2v) is 6.65. The fraction of sp³-hybridized carbons (Fsp3) is 0.538. The molecule has 2 rings (SSSR count). The van der Waals surface area contributed by atoms with Crippen molar-refractivity contribution < 1.29 is 17.9 Å². The molecule has 19 heavy (non-hydrogen) atoms. The molecular weight excluding hydrogens is 275 g/mol. The number of ether oxygens (including phenoxy) is 1. The van der Waals surface area contributed by atoms with E-state index in [-0.39, 0.29) is 16.5 Å². The number of thioether (sulfide) groups is 1. The second-order valence-electron chi connectivity index (χ2n) is 5.02. The number of benzene rings is 1. The van der Waals surface area contributed by atoms with E-state index in [1.165, 1.54) is 12.1 Å². The monoisotopic (exact) mass is 291 g/mol. The molecule has 0 aliphatic carbocycles. The van der Waals surface area contributed by atoms with Crippen LogP contribution < -0.4 is 10.1 Å². The summed E-state index contributed by atoms with van der Waals surface area (Å²) in [4.78, 5) is 0. The highest BCUT2D eigenvalue weighted by Gasteiger charge is 2.37. The minimum absolute atomic E-state index is 0.00182. The van der Waals surface area contributed by atoms with Crippen LogP contribution in [0.25, 0.3) is 0 Å². The Kier molecular flexibility index (Phi) is 3.75. The van der Waals surface area contributed by atoms with Crippen molar-refractivity contribution in [3.63, 3.8) is 0 Å². The largest absolute Gasteiger partial charge is 0.573 e. The van der Waals surface area contributed by atoms with Gasteiger partial charge in [0.25, 0.3) is 0 Å². The summed E-state index contributed by atoms with van der Waals surface area (Å²) in [5.41, 5.74) is 1.94. The van der Waals surface area contributed by atoms with Crippen LogP contribution in [0.3, 0.4) is 0 Å². The summed E-state index contributed by atoms with van der Waals surface area (Å²) < 4.78 is 40.7. The molecule has 0 amide bonds. The van der Waals surface area contributed by atoms with Gasteiger partial charge in [-0.1, -0.05) is 6.07 Å². The summed E-state index contributed by atoms with van der Waals surface area (Å²) in [6.07, 6.45) is -4.65. The van der Waals surface area contributed by atoms with Crippen LogP contribution in [0.2, 0.25) is 0 Å². The lowest BCUT2D eigenvalue weighted by Crippen LogP contribution is -2.38. The van der Waals surface area contributed by atoms with Crippen LogP contribution in [0.15, 0.2) is 18.2 Å². The Balaban J connectivity index is 2.37. The summed E-state index contributed by atoms with van der Waals surface area (Å²) in [7, 11) is 1.82.